The van der Waals surface area contributed by atoms with Crippen molar-refractivity contribution in [3.63, 3.8) is 0 Å². The molecule has 8 heteroatoms. The average Bonchev–Trinajstić information content (AvgIpc) is 2.70. The first-order valence-corrected chi connectivity index (χ1v) is 8.80. The lowest BCUT2D eigenvalue weighted by atomic mass is 10.2. The standard InChI is InChI=1S/C17H16BrN7/c18-14-11-20-17(21-12-14)25-8-6-24(7-9-25)16-4-3-15(22-23-16)13-2-1-5-19-10-13/h1-5,10-12H,6-9H2. The second-order valence-electron chi connectivity index (χ2n) is 5.69. The van der Waals surface area contributed by atoms with Crippen LogP contribution in [0.1, 0.15) is 0 Å². The van der Waals surface area contributed by atoms with Gasteiger partial charge in [0.05, 0.1) is 10.2 Å². The molecule has 0 radical (unpaired) electrons. The molecule has 0 aliphatic carbocycles. The molecule has 0 spiro atoms. The fraction of sp³-hybridized carbons (Fsp3) is 0.235. The summed E-state index contributed by atoms with van der Waals surface area (Å²) in [4.78, 5) is 17.3. The summed E-state index contributed by atoms with van der Waals surface area (Å²) >= 11 is 3.36. The minimum absolute atomic E-state index is 0.765. The van der Waals surface area contributed by atoms with Gasteiger partial charge in [-0.2, -0.15) is 0 Å². The van der Waals surface area contributed by atoms with Crippen molar-refractivity contribution in [3.8, 4) is 11.3 Å². The van der Waals surface area contributed by atoms with Gasteiger partial charge in [-0.3, -0.25) is 4.98 Å². The van der Waals surface area contributed by atoms with Crippen LogP contribution in [0.15, 0.2) is 53.5 Å². The maximum Gasteiger partial charge on any atom is 0.225 e. The van der Waals surface area contributed by atoms with E-state index >= 15 is 0 Å². The fourth-order valence-corrected chi connectivity index (χ4v) is 2.97. The number of pyridine rings is 1. The Kier molecular flexibility index (Phi) is 4.51. The molecule has 25 heavy (non-hydrogen) atoms. The zero-order chi connectivity index (χ0) is 17.1. The zero-order valence-corrected chi connectivity index (χ0v) is 15.0. The Morgan fingerprint density at radius 3 is 2.24 bits per heavy atom. The molecule has 0 atom stereocenters. The highest BCUT2D eigenvalue weighted by molar-refractivity contribution is 9.10. The second-order valence-corrected chi connectivity index (χ2v) is 6.61. The third-order valence-corrected chi connectivity index (χ3v) is 4.51. The summed E-state index contributed by atoms with van der Waals surface area (Å²) in [6, 6.07) is 7.88. The van der Waals surface area contributed by atoms with Crippen LogP contribution in [0.5, 0.6) is 0 Å². The highest BCUT2D eigenvalue weighted by atomic mass is 79.9. The molecule has 0 bridgehead atoms. The second kappa shape index (κ2) is 7.10. The van der Waals surface area contributed by atoms with Gasteiger partial charge in [0.2, 0.25) is 5.95 Å². The van der Waals surface area contributed by atoms with Gasteiger partial charge < -0.3 is 9.80 Å². The monoisotopic (exact) mass is 397 g/mol. The predicted molar refractivity (Wildman–Crippen MR) is 99.4 cm³/mol. The first kappa shape index (κ1) is 15.9. The van der Waals surface area contributed by atoms with Crippen LogP contribution in [0.3, 0.4) is 0 Å². The molecule has 1 aliphatic rings. The van der Waals surface area contributed by atoms with Crippen LogP contribution in [0.4, 0.5) is 11.8 Å². The molecule has 0 saturated carbocycles. The van der Waals surface area contributed by atoms with Crippen LogP contribution in [0, 0.1) is 0 Å². The molecule has 7 nitrogen and oxygen atoms in total. The third kappa shape index (κ3) is 3.58. The van der Waals surface area contributed by atoms with E-state index in [9.17, 15) is 0 Å². The zero-order valence-electron chi connectivity index (χ0n) is 13.5. The number of aromatic nitrogens is 5. The number of hydrogen-bond donors (Lipinski definition) is 0. The van der Waals surface area contributed by atoms with Gasteiger partial charge >= 0.3 is 0 Å². The number of anilines is 2. The molecular formula is C17H16BrN7. The van der Waals surface area contributed by atoms with Gasteiger partial charge in [0.1, 0.15) is 0 Å². The van der Waals surface area contributed by atoms with Crippen LogP contribution in [0.2, 0.25) is 0 Å². The summed E-state index contributed by atoms with van der Waals surface area (Å²) in [5, 5.41) is 8.72. The minimum atomic E-state index is 0.765. The lowest BCUT2D eigenvalue weighted by Crippen LogP contribution is -2.47. The van der Waals surface area contributed by atoms with E-state index in [4.69, 9.17) is 0 Å². The van der Waals surface area contributed by atoms with Crippen molar-refractivity contribution in [2.45, 2.75) is 0 Å². The molecular weight excluding hydrogens is 382 g/mol. The lowest BCUT2D eigenvalue weighted by molar-refractivity contribution is 0.631. The van der Waals surface area contributed by atoms with E-state index in [2.05, 4.69) is 50.9 Å². The molecule has 4 heterocycles. The maximum atomic E-state index is 4.38. The fourth-order valence-electron chi connectivity index (χ4n) is 2.77. The predicted octanol–water partition coefficient (Wildman–Crippen LogP) is 2.42. The smallest absolute Gasteiger partial charge is 0.225 e. The highest BCUT2D eigenvalue weighted by Crippen LogP contribution is 2.19. The number of rotatable bonds is 3. The van der Waals surface area contributed by atoms with Gasteiger partial charge in [0, 0.05) is 56.5 Å². The number of hydrogen-bond acceptors (Lipinski definition) is 7. The van der Waals surface area contributed by atoms with E-state index in [1.165, 1.54) is 0 Å². The van der Waals surface area contributed by atoms with Crippen molar-refractivity contribution in [1.29, 1.82) is 0 Å². The molecule has 126 valence electrons. The van der Waals surface area contributed by atoms with E-state index in [1.54, 1.807) is 24.8 Å². The summed E-state index contributed by atoms with van der Waals surface area (Å²) in [6.07, 6.45) is 7.09. The van der Waals surface area contributed by atoms with Crippen LogP contribution in [-0.2, 0) is 0 Å². The summed E-state index contributed by atoms with van der Waals surface area (Å²) in [6.45, 7) is 3.43. The van der Waals surface area contributed by atoms with E-state index in [0.717, 1.165) is 53.7 Å². The Hall–Kier alpha value is -2.61. The molecule has 1 aliphatic heterocycles. The van der Waals surface area contributed by atoms with Gasteiger partial charge in [0.25, 0.3) is 0 Å². The van der Waals surface area contributed by atoms with E-state index < -0.39 is 0 Å². The van der Waals surface area contributed by atoms with Crippen molar-refractivity contribution in [2.24, 2.45) is 0 Å². The van der Waals surface area contributed by atoms with Crippen LogP contribution >= 0.6 is 15.9 Å². The van der Waals surface area contributed by atoms with Crippen LogP contribution in [-0.4, -0.2) is 51.3 Å². The Morgan fingerprint density at radius 2 is 1.60 bits per heavy atom. The molecule has 0 aromatic carbocycles. The summed E-state index contributed by atoms with van der Waals surface area (Å²) in [5.74, 6) is 1.66. The van der Waals surface area contributed by atoms with Crippen molar-refractivity contribution in [1.82, 2.24) is 25.1 Å². The van der Waals surface area contributed by atoms with Crippen molar-refractivity contribution in [2.75, 3.05) is 36.0 Å². The summed E-state index contributed by atoms with van der Waals surface area (Å²) in [7, 11) is 0. The molecule has 0 amide bonds. The van der Waals surface area contributed by atoms with Crippen LogP contribution in [0.25, 0.3) is 11.3 Å². The Balaban J connectivity index is 1.41. The first-order valence-electron chi connectivity index (χ1n) is 8.01. The van der Waals surface area contributed by atoms with E-state index in [0.29, 0.717) is 0 Å². The van der Waals surface area contributed by atoms with E-state index in [-0.39, 0.29) is 0 Å². The highest BCUT2D eigenvalue weighted by Gasteiger charge is 2.20. The number of nitrogens with zero attached hydrogens (tertiary/aromatic N) is 7. The Labute approximate surface area is 153 Å². The Bertz CT molecular complexity index is 816. The van der Waals surface area contributed by atoms with Gasteiger partial charge in [-0.1, -0.05) is 0 Å². The van der Waals surface area contributed by atoms with Crippen molar-refractivity contribution >= 4 is 27.7 Å². The van der Waals surface area contributed by atoms with Gasteiger partial charge in [0.15, 0.2) is 5.82 Å². The normalized spacial score (nSPS) is 14.6. The van der Waals surface area contributed by atoms with Gasteiger partial charge in [-0.15, -0.1) is 10.2 Å². The summed E-state index contributed by atoms with van der Waals surface area (Å²) < 4.78 is 0.888. The molecule has 1 saturated heterocycles. The van der Waals surface area contributed by atoms with Crippen molar-refractivity contribution in [3.05, 3.63) is 53.5 Å². The maximum absolute atomic E-state index is 4.38. The molecule has 4 rings (SSSR count). The molecule has 3 aromatic heterocycles. The van der Waals surface area contributed by atoms with E-state index in [1.807, 2.05) is 24.3 Å². The molecule has 3 aromatic rings. The summed E-state index contributed by atoms with van der Waals surface area (Å²) in [5.41, 5.74) is 1.80. The minimum Gasteiger partial charge on any atom is -0.352 e. The lowest BCUT2D eigenvalue weighted by Gasteiger charge is -2.35. The first-order chi connectivity index (χ1) is 12.3. The molecule has 0 N–H and O–H groups in total. The molecule has 0 unspecified atom stereocenters. The Morgan fingerprint density at radius 1 is 0.840 bits per heavy atom. The number of halogens is 1. The van der Waals surface area contributed by atoms with Crippen molar-refractivity contribution < 1.29 is 0 Å². The quantitative estimate of drug-likeness (QED) is 0.671. The van der Waals surface area contributed by atoms with Gasteiger partial charge in [-0.25, -0.2) is 9.97 Å². The van der Waals surface area contributed by atoms with Crippen LogP contribution < -0.4 is 9.80 Å². The average molecular weight is 398 g/mol. The molecule has 1 fully saturated rings. The largest absolute Gasteiger partial charge is 0.352 e. The SMILES string of the molecule is Brc1cnc(N2CCN(c3ccc(-c4cccnc4)nn3)CC2)nc1. The van der Waals surface area contributed by atoms with Gasteiger partial charge in [-0.05, 0) is 40.2 Å². The number of piperazine rings is 1. The topological polar surface area (TPSA) is 70.9 Å². The third-order valence-electron chi connectivity index (χ3n) is 4.10.